The van der Waals surface area contributed by atoms with Gasteiger partial charge in [-0.25, -0.2) is 0 Å². The van der Waals surface area contributed by atoms with E-state index in [9.17, 15) is 19.5 Å². The molecule has 14 nitrogen and oxygen atoms in total. The highest BCUT2D eigenvalue weighted by molar-refractivity contribution is 6.00. The maximum atomic E-state index is 13.4. The fourth-order valence-electron chi connectivity index (χ4n) is 4.83. The normalized spacial score (nSPS) is 16.6. The quantitative estimate of drug-likeness (QED) is 0.273. The van der Waals surface area contributed by atoms with Crippen molar-refractivity contribution in [3.05, 3.63) is 41.7 Å². The SMILES string of the molecule is [2H]C([2H])([2H])NC(=O)c1nnc(NC(=O)C2CC2)cc1Nc1cccc(-c2cc(C(=O)N3CCN(CCO)CC3)n(C)n2)c1OC. The van der Waals surface area contributed by atoms with Crippen LogP contribution in [0.25, 0.3) is 11.3 Å². The number of aryl methyl sites for hydroxylation is 1. The van der Waals surface area contributed by atoms with Gasteiger partial charge >= 0.3 is 0 Å². The van der Waals surface area contributed by atoms with Crippen molar-refractivity contribution in [2.75, 3.05) is 64.0 Å². The molecule has 4 N–H and O–H groups in total. The van der Waals surface area contributed by atoms with E-state index in [1.165, 1.54) is 17.9 Å². The summed E-state index contributed by atoms with van der Waals surface area (Å²) in [5, 5.41) is 29.3. The number of hydrogen-bond donors (Lipinski definition) is 4. The Balaban J connectivity index is 1.43. The summed E-state index contributed by atoms with van der Waals surface area (Å²) in [5.41, 5.74) is 1.54. The summed E-state index contributed by atoms with van der Waals surface area (Å²) in [6, 6.07) is 8.24. The van der Waals surface area contributed by atoms with Crippen LogP contribution in [0.3, 0.4) is 0 Å². The fraction of sp³-hybridized carbons (Fsp3) is 0.429. The highest BCUT2D eigenvalue weighted by Gasteiger charge is 2.30. The van der Waals surface area contributed by atoms with E-state index in [0.29, 0.717) is 61.1 Å². The summed E-state index contributed by atoms with van der Waals surface area (Å²) in [7, 11) is 3.14. The Morgan fingerprint density at radius 2 is 1.90 bits per heavy atom. The highest BCUT2D eigenvalue weighted by Crippen LogP contribution is 2.38. The number of piperazine rings is 1. The van der Waals surface area contributed by atoms with Gasteiger partial charge in [-0.15, -0.1) is 10.2 Å². The van der Waals surface area contributed by atoms with Crippen LogP contribution in [-0.2, 0) is 11.8 Å². The monoisotopic (exact) mass is 580 g/mol. The summed E-state index contributed by atoms with van der Waals surface area (Å²) in [4.78, 5) is 42.4. The molecule has 0 spiro atoms. The second-order valence-electron chi connectivity index (χ2n) is 10.1. The lowest BCUT2D eigenvalue weighted by atomic mass is 10.1. The molecule has 2 fully saturated rings. The third kappa shape index (κ3) is 6.19. The number of aliphatic hydroxyl groups is 1. The minimum absolute atomic E-state index is 0.0708. The molecule has 1 saturated carbocycles. The van der Waals surface area contributed by atoms with Gasteiger partial charge in [0.2, 0.25) is 5.91 Å². The standard InChI is InChI=1S/C28H35N9O5/c1-29-27(40)24-21(16-23(32-33-24)31-26(39)17-7-8-17)30-19-6-4-5-18(25(19)42-3)20-15-22(35(2)34-20)28(41)37-11-9-36(10-12-37)13-14-38/h4-6,15-17,38H,7-14H2,1-3H3,(H,29,40)(H2,30,31,32,39)/i1D3. The van der Waals surface area contributed by atoms with Gasteiger partial charge in [-0.3, -0.25) is 24.0 Å². The van der Waals surface area contributed by atoms with E-state index in [4.69, 9.17) is 8.85 Å². The second kappa shape index (κ2) is 12.5. The number of rotatable bonds is 10. The summed E-state index contributed by atoms with van der Waals surface area (Å²) in [6.07, 6.45) is 1.55. The molecule has 14 heteroatoms. The zero-order valence-corrected chi connectivity index (χ0v) is 23.4. The Labute approximate surface area is 247 Å². The maximum Gasteiger partial charge on any atom is 0.273 e. The number of β-amino-alcohol motifs (C(OH)–C–C–N with tert-alkyl or cyclic N) is 1. The molecule has 1 aliphatic carbocycles. The molecule has 0 atom stereocenters. The van der Waals surface area contributed by atoms with Crippen molar-refractivity contribution in [2.45, 2.75) is 12.8 Å². The topological polar surface area (TPSA) is 167 Å². The molecule has 222 valence electrons. The lowest BCUT2D eigenvalue weighted by molar-refractivity contribution is -0.117. The maximum absolute atomic E-state index is 13.4. The van der Waals surface area contributed by atoms with Gasteiger partial charge in [0.15, 0.2) is 17.3 Å². The molecule has 3 heterocycles. The number of carbonyl (C=O) groups is 3. The number of anilines is 3. The van der Waals surface area contributed by atoms with Crippen LogP contribution in [0.5, 0.6) is 5.75 Å². The first-order valence-corrected chi connectivity index (χ1v) is 13.6. The zero-order chi connectivity index (χ0) is 32.3. The van der Waals surface area contributed by atoms with Crippen molar-refractivity contribution in [3.63, 3.8) is 0 Å². The number of carbonyl (C=O) groups excluding carboxylic acids is 3. The van der Waals surface area contributed by atoms with Crippen molar-refractivity contribution < 1.29 is 28.3 Å². The zero-order valence-electron chi connectivity index (χ0n) is 26.4. The van der Waals surface area contributed by atoms with Gasteiger partial charge in [0.05, 0.1) is 30.8 Å². The molecule has 3 amide bonds. The number of para-hydroxylation sites is 1. The van der Waals surface area contributed by atoms with Crippen molar-refractivity contribution in [2.24, 2.45) is 13.0 Å². The number of methoxy groups -OCH3 is 1. The Kier molecular flexibility index (Phi) is 7.51. The first kappa shape index (κ1) is 25.2. The molecule has 0 radical (unpaired) electrons. The third-order valence-electron chi connectivity index (χ3n) is 7.26. The lowest BCUT2D eigenvalue weighted by Gasteiger charge is -2.34. The molecule has 1 aromatic carbocycles. The van der Waals surface area contributed by atoms with Crippen LogP contribution in [-0.4, -0.2) is 106 Å². The van der Waals surface area contributed by atoms with Gasteiger partial charge in [-0.1, -0.05) is 6.07 Å². The number of amides is 3. The molecule has 2 aliphatic rings. The van der Waals surface area contributed by atoms with Crippen LogP contribution in [0, 0.1) is 5.92 Å². The van der Waals surface area contributed by atoms with Crippen molar-refractivity contribution in [1.82, 2.24) is 35.1 Å². The number of hydrogen-bond acceptors (Lipinski definition) is 10. The van der Waals surface area contributed by atoms with E-state index in [2.05, 4.69) is 30.8 Å². The number of ether oxygens (including phenoxy) is 1. The molecule has 1 saturated heterocycles. The van der Waals surface area contributed by atoms with Gasteiger partial charge in [-0.05, 0) is 31.0 Å². The van der Waals surface area contributed by atoms with Crippen LogP contribution < -0.4 is 20.7 Å². The molecule has 1 aliphatic heterocycles. The number of aromatic nitrogens is 4. The highest BCUT2D eigenvalue weighted by atomic mass is 16.5. The molecule has 2 aromatic heterocycles. The van der Waals surface area contributed by atoms with Gasteiger partial charge < -0.3 is 30.7 Å². The van der Waals surface area contributed by atoms with Gasteiger partial charge in [0, 0.05) is 68.4 Å². The molecule has 42 heavy (non-hydrogen) atoms. The fourth-order valence-corrected chi connectivity index (χ4v) is 4.83. The van der Waals surface area contributed by atoms with Crippen LogP contribution in [0.15, 0.2) is 30.3 Å². The van der Waals surface area contributed by atoms with Gasteiger partial charge in [-0.2, -0.15) is 5.10 Å². The van der Waals surface area contributed by atoms with E-state index in [1.807, 2.05) is 5.32 Å². The predicted octanol–water partition coefficient (Wildman–Crippen LogP) is 1.09. The smallest absolute Gasteiger partial charge is 0.273 e. The molecule has 3 aromatic rings. The third-order valence-corrected chi connectivity index (χ3v) is 7.26. The minimum atomic E-state index is -2.77. The van der Waals surface area contributed by atoms with E-state index >= 15 is 0 Å². The Hall–Kier alpha value is -4.56. The molecule has 0 bridgehead atoms. The Bertz CT molecular complexity index is 1580. The van der Waals surface area contributed by atoms with Crippen LogP contribution in [0.1, 0.15) is 37.9 Å². The van der Waals surface area contributed by atoms with Gasteiger partial charge in [0.1, 0.15) is 5.69 Å². The number of nitrogens with zero attached hydrogens (tertiary/aromatic N) is 6. The van der Waals surface area contributed by atoms with Crippen LogP contribution in [0.4, 0.5) is 17.2 Å². The van der Waals surface area contributed by atoms with E-state index in [0.717, 1.165) is 12.8 Å². The largest absolute Gasteiger partial charge is 0.494 e. The molecule has 0 unspecified atom stereocenters. The summed E-state index contributed by atoms with van der Waals surface area (Å²) >= 11 is 0. The van der Waals surface area contributed by atoms with Gasteiger partial charge in [0.25, 0.3) is 11.8 Å². The number of benzene rings is 1. The van der Waals surface area contributed by atoms with Crippen LogP contribution >= 0.6 is 0 Å². The second-order valence-corrected chi connectivity index (χ2v) is 10.1. The van der Waals surface area contributed by atoms with E-state index in [1.54, 1.807) is 36.2 Å². The van der Waals surface area contributed by atoms with Crippen molar-refractivity contribution in [3.8, 4) is 17.0 Å². The van der Waals surface area contributed by atoms with E-state index < -0.39 is 12.9 Å². The first-order valence-electron chi connectivity index (χ1n) is 15.1. The first-order chi connectivity index (χ1) is 21.5. The minimum Gasteiger partial charge on any atom is -0.494 e. The number of nitrogens with one attached hydrogen (secondary N) is 3. The lowest BCUT2D eigenvalue weighted by Crippen LogP contribution is -2.49. The predicted molar refractivity (Wildman–Crippen MR) is 155 cm³/mol. The summed E-state index contributed by atoms with van der Waals surface area (Å²) in [5.74, 6) is -1.08. The van der Waals surface area contributed by atoms with Crippen LogP contribution in [0.2, 0.25) is 0 Å². The average Bonchev–Trinajstić information content (AvgIpc) is 3.78. The Morgan fingerprint density at radius 3 is 2.60 bits per heavy atom. The van der Waals surface area contributed by atoms with Crippen molar-refractivity contribution >= 4 is 34.9 Å². The van der Waals surface area contributed by atoms with Crippen molar-refractivity contribution in [1.29, 1.82) is 0 Å². The molecular formula is C28H35N9O5. The number of aliphatic hydroxyl groups excluding tert-OH is 1. The average molecular weight is 581 g/mol. The summed E-state index contributed by atoms with van der Waals surface area (Å²) < 4.78 is 29.5. The Morgan fingerprint density at radius 1 is 1.12 bits per heavy atom. The van der Waals surface area contributed by atoms with E-state index in [-0.39, 0.29) is 41.5 Å². The molecular weight excluding hydrogens is 542 g/mol. The molecule has 5 rings (SSSR count). The summed E-state index contributed by atoms with van der Waals surface area (Å²) in [6.45, 7) is 0.266.